The third-order valence-corrected chi connectivity index (χ3v) is 3.81. The SMILES string of the molecule is Cc1ccc(Br)cc1C(=O)NC(CC1CC1)C(=O)O. The zero-order chi connectivity index (χ0) is 14.0. The van der Waals surface area contributed by atoms with Crippen molar-refractivity contribution in [2.75, 3.05) is 0 Å². The minimum atomic E-state index is -0.965. The van der Waals surface area contributed by atoms with E-state index in [-0.39, 0.29) is 5.91 Å². The van der Waals surface area contributed by atoms with Crippen LogP contribution in [0.5, 0.6) is 0 Å². The highest BCUT2D eigenvalue weighted by Crippen LogP contribution is 2.33. The summed E-state index contributed by atoms with van der Waals surface area (Å²) in [6, 6.07) is 4.60. The van der Waals surface area contributed by atoms with Crippen LogP contribution in [0.4, 0.5) is 0 Å². The molecule has 0 radical (unpaired) electrons. The normalized spacial score (nSPS) is 15.9. The smallest absolute Gasteiger partial charge is 0.326 e. The molecule has 4 nitrogen and oxygen atoms in total. The standard InChI is InChI=1S/C14H16BrNO3/c1-8-2-5-10(15)7-11(8)13(17)16-12(14(18)19)6-9-3-4-9/h2,5,7,9,12H,3-4,6H2,1H3,(H,16,17)(H,18,19). The first-order chi connectivity index (χ1) is 8.97. The lowest BCUT2D eigenvalue weighted by Crippen LogP contribution is -2.41. The van der Waals surface area contributed by atoms with Gasteiger partial charge in [-0.05, 0) is 37.0 Å². The molecule has 0 spiro atoms. The maximum atomic E-state index is 12.1. The summed E-state index contributed by atoms with van der Waals surface area (Å²) in [5.41, 5.74) is 1.34. The number of aliphatic carboxylic acids is 1. The molecule has 2 rings (SSSR count). The average Bonchev–Trinajstić information content (AvgIpc) is 3.15. The number of hydrogen-bond donors (Lipinski definition) is 2. The van der Waals surface area contributed by atoms with E-state index in [9.17, 15) is 9.59 Å². The maximum absolute atomic E-state index is 12.1. The van der Waals surface area contributed by atoms with Crippen molar-refractivity contribution in [2.24, 2.45) is 5.92 Å². The summed E-state index contributed by atoms with van der Waals surface area (Å²) in [6.45, 7) is 1.83. The van der Waals surface area contributed by atoms with Crippen molar-refractivity contribution >= 4 is 27.8 Å². The van der Waals surface area contributed by atoms with Crippen molar-refractivity contribution in [1.82, 2.24) is 5.32 Å². The lowest BCUT2D eigenvalue weighted by atomic mass is 10.1. The van der Waals surface area contributed by atoms with Gasteiger partial charge in [-0.2, -0.15) is 0 Å². The summed E-state index contributed by atoms with van der Waals surface area (Å²) in [5.74, 6) is -0.843. The predicted molar refractivity (Wildman–Crippen MR) is 75.1 cm³/mol. The molecular weight excluding hydrogens is 310 g/mol. The highest BCUT2D eigenvalue weighted by Gasteiger charge is 2.30. The predicted octanol–water partition coefficient (Wildman–Crippen LogP) is 2.74. The van der Waals surface area contributed by atoms with Gasteiger partial charge in [0.05, 0.1) is 0 Å². The van der Waals surface area contributed by atoms with E-state index in [1.165, 1.54) is 0 Å². The summed E-state index contributed by atoms with van der Waals surface area (Å²) < 4.78 is 0.803. The lowest BCUT2D eigenvalue weighted by molar-refractivity contribution is -0.139. The van der Waals surface area contributed by atoms with Crippen LogP contribution in [-0.2, 0) is 4.79 Å². The molecule has 102 valence electrons. The van der Waals surface area contributed by atoms with Gasteiger partial charge >= 0.3 is 5.97 Å². The zero-order valence-corrected chi connectivity index (χ0v) is 12.2. The minimum Gasteiger partial charge on any atom is -0.480 e. The van der Waals surface area contributed by atoms with E-state index in [4.69, 9.17) is 5.11 Å². The van der Waals surface area contributed by atoms with E-state index in [1.54, 1.807) is 6.07 Å². The summed E-state index contributed by atoms with van der Waals surface area (Å²) in [4.78, 5) is 23.3. The average molecular weight is 326 g/mol. The van der Waals surface area contributed by atoms with Crippen molar-refractivity contribution < 1.29 is 14.7 Å². The van der Waals surface area contributed by atoms with Crippen LogP contribution in [0.15, 0.2) is 22.7 Å². The Kier molecular flexibility index (Phi) is 4.24. The van der Waals surface area contributed by atoms with Crippen LogP contribution in [0.2, 0.25) is 0 Å². The fourth-order valence-corrected chi connectivity index (χ4v) is 2.34. The fourth-order valence-electron chi connectivity index (χ4n) is 1.98. The Hall–Kier alpha value is -1.36. The number of rotatable bonds is 5. The minimum absolute atomic E-state index is 0.327. The summed E-state index contributed by atoms with van der Waals surface area (Å²) in [5, 5.41) is 11.8. The molecule has 1 atom stereocenters. The van der Waals surface area contributed by atoms with E-state index >= 15 is 0 Å². The number of carboxylic acids is 1. The van der Waals surface area contributed by atoms with Gasteiger partial charge in [0.2, 0.25) is 0 Å². The summed E-state index contributed by atoms with van der Waals surface area (Å²) in [6.07, 6.45) is 2.65. The topological polar surface area (TPSA) is 66.4 Å². The quantitative estimate of drug-likeness (QED) is 0.874. The Morgan fingerprint density at radius 3 is 2.74 bits per heavy atom. The Balaban J connectivity index is 2.09. The largest absolute Gasteiger partial charge is 0.480 e. The Labute approximate surface area is 120 Å². The fraction of sp³-hybridized carbons (Fsp3) is 0.429. The molecule has 1 fully saturated rings. The Bertz CT molecular complexity index is 511. The van der Waals surface area contributed by atoms with E-state index < -0.39 is 12.0 Å². The van der Waals surface area contributed by atoms with E-state index in [2.05, 4.69) is 21.2 Å². The van der Waals surface area contributed by atoms with Gasteiger partial charge in [0.15, 0.2) is 0 Å². The molecule has 19 heavy (non-hydrogen) atoms. The zero-order valence-electron chi connectivity index (χ0n) is 10.6. The van der Waals surface area contributed by atoms with Crippen LogP contribution in [0.25, 0.3) is 0 Å². The molecule has 1 aromatic carbocycles. The number of carboxylic acid groups (broad SMARTS) is 1. The van der Waals surface area contributed by atoms with Gasteiger partial charge in [-0.3, -0.25) is 4.79 Å². The van der Waals surface area contributed by atoms with Crippen molar-refractivity contribution in [3.05, 3.63) is 33.8 Å². The molecule has 1 aliphatic rings. The van der Waals surface area contributed by atoms with Crippen molar-refractivity contribution in [3.63, 3.8) is 0 Å². The maximum Gasteiger partial charge on any atom is 0.326 e. The van der Waals surface area contributed by atoms with Gasteiger partial charge in [-0.25, -0.2) is 4.79 Å². The number of hydrogen-bond acceptors (Lipinski definition) is 2. The molecule has 5 heteroatoms. The Morgan fingerprint density at radius 1 is 1.47 bits per heavy atom. The molecular formula is C14H16BrNO3. The number of aryl methyl sites for hydroxylation is 1. The molecule has 1 aromatic rings. The van der Waals surface area contributed by atoms with Gasteiger partial charge in [-0.15, -0.1) is 0 Å². The van der Waals surface area contributed by atoms with Gasteiger partial charge in [-0.1, -0.05) is 34.8 Å². The van der Waals surface area contributed by atoms with E-state index in [1.807, 2.05) is 19.1 Å². The Morgan fingerprint density at radius 2 is 2.16 bits per heavy atom. The third-order valence-electron chi connectivity index (χ3n) is 3.31. The molecule has 0 saturated heterocycles. The van der Waals surface area contributed by atoms with Crippen molar-refractivity contribution in [1.29, 1.82) is 0 Å². The number of carbonyl (C=O) groups is 2. The van der Waals surface area contributed by atoms with Crippen LogP contribution in [-0.4, -0.2) is 23.0 Å². The van der Waals surface area contributed by atoms with Crippen molar-refractivity contribution in [2.45, 2.75) is 32.2 Å². The van der Waals surface area contributed by atoms with Crippen LogP contribution in [0.3, 0.4) is 0 Å². The second-order valence-corrected chi connectivity index (χ2v) is 5.92. The third kappa shape index (κ3) is 3.80. The highest BCUT2D eigenvalue weighted by molar-refractivity contribution is 9.10. The monoisotopic (exact) mass is 325 g/mol. The molecule has 0 aromatic heterocycles. The first kappa shape index (κ1) is 14.1. The second-order valence-electron chi connectivity index (χ2n) is 5.00. The molecule has 0 bridgehead atoms. The van der Waals surface area contributed by atoms with Crippen LogP contribution >= 0.6 is 15.9 Å². The summed E-state index contributed by atoms with van der Waals surface area (Å²) >= 11 is 3.31. The number of amides is 1. The molecule has 0 heterocycles. The molecule has 2 N–H and O–H groups in total. The van der Waals surface area contributed by atoms with Crippen molar-refractivity contribution in [3.8, 4) is 0 Å². The van der Waals surface area contributed by atoms with Gasteiger partial charge in [0.1, 0.15) is 6.04 Å². The van der Waals surface area contributed by atoms with E-state index in [0.717, 1.165) is 22.9 Å². The second kappa shape index (κ2) is 5.74. The van der Waals surface area contributed by atoms with Crippen LogP contribution < -0.4 is 5.32 Å². The molecule has 1 saturated carbocycles. The lowest BCUT2D eigenvalue weighted by Gasteiger charge is -2.15. The highest BCUT2D eigenvalue weighted by atomic mass is 79.9. The van der Waals surface area contributed by atoms with Crippen LogP contribution in [0, 0.1) is 12.8 Å². The molecule has 1 unspecified atom stereocenters. The number of halogens is 1. The van der Waals surface area contributed by atoms with Crippen LogP contribution in [0.1, 0.15) is 35.2 Å². The van der Waals surface area contributed by atoms with Gasteiger partial charge in [0.25, 0.3) is 5.91 Å². The van der Waals surface area contributed by atoms with Gasteiger partial charge in [0, 0.05) is 10.0 Å². The first-order valence-electron chi connectivity index (χ1n) is 6.27. The number of benzene rings is 1. The van der Waals surface area contributed by atoms with E-state index in [0.29, 0.717) is 17.9 Å². The summed E-state index contributed by atoms with van der Waals surface area (Å²) in [7, 11) is 0. The number of nitrogens with one attached hydrogen (secondary N) is 1. The molecule has 0 aliphatic heterocycles. The van der Waals surface area contributed by atoms with Gasteiger partial charge < -0.3 is 10.4 Å². The molecule has 1 aliphatic carbocycles. The first-order valence-corrected chi connectivity index (χ1v) is 7.06. The molecule has 1 amide bonds. The number of carbonyl (C=O) groups excluding carboxylic acids is 1.